The standard InChI is InChI=1S/C31H29ClFN5O3/c32-20-4-5-24(25(33)12-20)29-18-40-28-3-1-2-23(31(28)41-29)19-6-9-37(10-7-19)17-30-36-26-13-21(14-34)35-15-27(26)38(30)16-22-8-11-39-22/h1-5,12-13,15,19,22,29H,6-11,16-18H2/t22-,29?/m0/s1. The largest absolute Gasteiger partial charge is 0.485 e. The first-order valence-electron chi connectivity index (χ1n) is 14.0. The summed E-state index contributed by atoms with van der Waals surface area (Å²) >= 11 is 5.96. The van der Waals surface area contributed by atoms with Crippen molar-refractivity contribution in [3.63, 3.8) is 0 Å². The van der Waals surface area contributed by atoms with Crippen molar-refractivity contribution in [2.75, 3.05) is 26.3 Å². The van der Waals surface area contributed by atoms with Crippen molar-refractivity contribution >= 4 is 22.6 Å². The summed E-state index contributed by atoms with van der Waals surface area (Å²) in [4.78, 5) is 11.6. The van der Waals surface area contributed by atoms with Crippen LogP contribution in [0.4, 0.5) is 4.39 Å². The molecule has 5 heterocycles. The molecule has 8 nitrogen and oxygen atoms in total. The van der Waals surface area contributed by atoms with E-state index in [1.807, 2.05) is 12.1 Å². The van der Waals surface area contributed by atoms with E-state index >= 15 is 0 Å². The molecular weight excluding hydrogens is 545 g/mol. The van der Waals surface area contributed by atoms with Gasteiger partial charge in [0.1, 0.15) is 30.0 Å². The predicted octanol–water partition coefficient (Wildman–Crippen LogP) is 5.78. The predicted molar refractivity (Wildman–Crippen MR) is 151 cm³/mol. The van der Waals surface area contributed by atoms with E-state index in [9.17, 15) is 9.65 Å². The molecular formula is C31H29ClFN5O3. The Morgan fingerprint density at radius 3 is 2.71 bits per heavy atom. The zero-order valence-corrected chi connectivity index (χ0v) is 23.2. The second-order valence-electron chi connectivity index (χ2n) is 10.9. The maximum absolute atomic E-state index is 14.7. The Labute approximate surface area is 242 Å². The van der Waals surface area contributed by atoms with Crippen molar-refractivity contribution in [1.29, 1.82) is 5.26 Å². The molecule has 3 aliphatic heterocycles. The molecule has 0 spiro atoms. The van der Waals surface area contributed by atoms with E-state index in [1.165, 1.54) is 6.07 Å². The summed E-state index contributed by atoms with van der Waals surface area (Å²) in [6.45, 7) is 4.28. The van der Waals surface area contributed by atoms with E-state index in [0.717, 1.165) is 67.9 Å². The van der Waals surface area contributed by atoms with E-state index in [1.54, 1.807) is 24.4 Å². The lowest BCUT2D eigenvalue weighted by molar-refractivity contribution is -0.0592. The third kappa shape index (κ3) is 5.12. The first kappa shape index (κ1) is 26.2. The minimum absolute atomic E-state index is 0.184. The SMILES string of the molecule is N#Cc1cc2nc(CN3CCC(c4cccc5c4OC(c4ccc(Cl)cc4F)CO5)CC3)n(C[C@@H]3CCO3)c2cn1. The number of para-hydroxylation sites is 1. The first-order chi connectivity index (χ1) is 20.1. The molecule has 2 fully saturated rings. The van der Waals surface area contributed by atoms with E-state index in [2.05, 4.69) is 26.6 Å². The smallest absolute Gasteiger partial charge is 0.165 e. The Bertz CT molecular complexity index is 1640. The third-order valence-electron chi connectivity index (χ3n) is 8.37. The van der Waals surface area contributed by atoms with E-state index in [0.29, 0.717) is 40.2 Å². The van der Waals surface area contributed by atoms with E-state index < -0.39 is 11.9 Å². The molecule has 0 N–H and O–H groups in total. The van der Waals surface area contributed by atoms with Crippen molar-refractivity contribution in [1.82, 2.24) is 19.4 Å². The Balaban J connectivity index is 1.07. The summed E-state index contributed by atoms with van der Waals surface area (Å²) in [6.07, 6.45) is 4.33. The molecule has 0 bridgehead atoms. The number of aromatic nitrogens is 3. The molecule has 4 aromatic rings. The van der Waals surface area contributed by atoms with E-state index in [-0.39, 0.29) is 12.7 Å². The van der Waals surface area contributed by atoms with Gasteiger partial charge in [-0.1, -0.05) is 29.8 Å². The Hall–Kier alpha value is -3.71. The van der Waals surface area contributed by atoms with Crippen molar-refractivity contribution < 1.29 is 18.6 Å². The quantitative estimate of drug-likeness (QED) is 0.289. The van der Waals surface area contributed by atoms with Gasteiger partial charge in [0.2, 0.25) is 0 Å². The van der Waals surface area contributed by atoms with Crippen LogP contribution in [0.5, 0.6) is 11.5 Å². The molecule has 10 heteroatoms. The number of ether oxygens (including phenoxy) is 3. The number of pyridine rings is 1. The van der Waals surface area contributed by atoms with Crippen molar-refractivity contribution in [3.8, 4) is 17.6 Å². The topological polar surface area (TPSA) is 85.4 Å². The van der Waals surface area contributed by atoms with Crippen LogP contribution in [-0.4, -0.2) is 51.8 Å². The fourth-order valence-electron chi connectivity index (χ4n) is 6.04. The van der Waals surface area contributed by atoms with Crippen molar-refractivity contribution in [3.05, 3.63) is 82.1 Å². The second-order valence-corrected chi connectivity index (χ2v) is 11.3. The maximum atomic E-state index is 14.7. The number of benzene rings is 2. The highest BCUT2D eigenvalue weighted by Crippen LogP contribution is 2.45. The van der Waals surface area contributed by atoms with Gasteiger partial charge in [-0.05, 0) is 56.5 Å². The van der Waals surface area contributed by atoms with Crippen LogP contribution in [0.1, 0.15) is 53.9 Å². The lowest BCUT2D eigenvalue weighted by Crippen LogP contribution is -2.35. The average molecular weight is 574 g/mol. The zero-order valence-electron chi connectivity index (χ0n) is 22.4. The van der Waals surface area contributed by atoms with Crippen LogP contribution in [0, 0.1) is 17.1 Å². The number of halogens is 2. The number of hydrogen-bond donors (Lipinski definition) is 0. The van der Waals surface area contributed by atoms with Crippen LogP contribution >= 0.6 is 11.6 Å². The van der Waals surface area contributed by atoms with E-state index in [4.69, 9.17) is 30.8 Å². The summed E-state index contributed by atoms with van der Waals surface area (Å²) in [5.74, 6) is 2.28. The monoisotopic (exact) mass is 573 g/mol. The lowest BCUT2D eigenvalue weighted by Gasteiger charge is -2.35. The number of rotatable bonds is 6. The van der Waals surface area contributed by atoms with Crippen LogP contribution in [0.3, 0.4) is 0 Å². The molecule has 0 aliphatic carbocycles. The van der Waals surface area contributed by atoms with Crippen LogP contribution < -0.4 is 9.47 Å². The van der Waals surface area contributed by atoms with Crippen LogP contribution in [0.2, 0.25) is 5.02 Å². The molecule has 1 unspecified atom stereocenters. The summed E-state index contributed by atoms with van der Waals surface area (Å²) < 4.78 is 35.0. The number of likely N-dealkylation sites (tertiary alicyclic amines) is 1. The number of nitriles is 1. The summed E-state index contributed by atoms with van der Waals surface area (Å²) in [7, 11) is 0. The zero-order chi connectivity index (χ0) is 27.9. The van der Waals surface area contributed by atoms with Crippen LogP contribution in [0.25, 0.3) is 11.0 Å². The fraction of sp³-hybridized carbons (Fsp3) is 0.387. The van der Waals surface area contributed by atoms with Gasteiger partial charge in [0.05, 0.1) is 36.4 Å². The molecule has 0 amide bonds. The van der Waals surface area contributed by atoms with Crippen molar-refractivity contribution in [2.45, 2.75) is 50.5 Å². The molecule has 0 saturated carbocycles. The lowest BCUT2D eigenvalue weighted by atomic mass is 9.88. The highest BCUT2D eigenvalue weighted by atomic mass is 35.5. The highest BCUT2D eigenvalue weighted by molar-refractivity contribution is 6.30. The second kappa shape index (κ2) is 10.9. The number of fused-ring (bicyclic) bond motifs is 2. The first-order valence-corrected chi connectivity index (χ1v) is 14.4. The minimum atomic E-state index is -0.537. The highest BCUT2D eigenvalue weighted by Gasteiger charge is 2.31. The Kier molecular flexibility index (Phi) is 6.99. The van der Waals surface area contributed by atoms with Gasteiger partial charge in [-0.2, -0.15) is 5.26 Å². The van der Waals surface area contributed by atoms with Gasteiger partial charge in [-0.15, -0.1) is 0 Å². The van der Waals surface area contributed by atoms with Gasteiger partial charge in [0.25, 0.3) is 0 Å². The molecule has 41 heavy (non-hydrogen) atoms. The maximum Gasteiger partial charge on any atom is 0.165 e. The van der Waals surface area contributed by atoms with Gasteiger partial charge in [0, 0.05) is 28.8 Å². The molecule has 2 aromatic heterocycles. The van der Waals surface area contributed by atoms with Gasteiger partial charge in [-0.3, -0.25) is 4.90 Å². The van der Waals surface area contributed by atoms with Crippen LogP contribution in [0.15, 0.2) is 48.7 Å². The number of imidazole rings is 1. The molecule has 0 radical (unpaired) electrons. The molecule has 7 rings (SSSR count). The Morgan fingerprint density at radius 2 is 1.95 bits per heavy atom. The van der Waals surface area contributed by atoms with Crippen LogP contribution in [-0.2, 0) is 17.8 Å². The molecule has 2 atom stereocenters. The molecule has 3 aliphatic rings. The molecule has 210 valence electrons. The third-order valence-corrected chi connectivity index (χ3v) is 8.60. The molecule has 2 saturated heterocycles. The number of piperidine rings is 1. The van der Waals surface area contributed by atoms with Gasteiger partial charge < -0.3 is 18.8 Å². The number of nitrogens with zero attached hydrogens (tertiary/aromatic N) is 5. The summed E-state index contributed by atoms with van der Waals surface area (Å²) in [5, 5.41) is 9.65. The number of hydrogen-bond acceptors (Lipinski definition) is 7. The summed E-state index contributed by atoms with van der Waals surface area (Å²) in [6, 6.07) is 14.5. The minimum Gasteiger partial charge on any atom is -0.485 e. The van der Waals surface area contributed by atoms with Gasteiger partial charge >= 0.3 is 0 Å². The van der Waals surface area contributed by atoms with Gasteiger partial charge in [-0.25, -0.2) is 14.4 Å². The Morgan fingerprint density at radius 1 is 1.10 bits per heavy atom. The average Bonchev–Trinajstić information content (AvgIpc) is 3.30. The molecule has 2 aromatic carbocycles. The summed E-state index contributed by atoms with van der Waals surface area (Å²) in [5.41, 5.74) is 3.64. The van der Waals surface area contributed by atoms with Gasteiger partial charge in [0.15, 0.2) is 17.6 Å². The van der Waals surface area contributed by atoms with Crippen molar-refractivity contribution in [2.24, 2.45) is 0 Å². The normalized spacial score (nSPS) is 21.0. The fourth-order valence-corrected chi connectivity index (χ4v) is 6.20.